The highest BCUT2D eigenvalue weighted by Crippen LogP contribution is 2.46. The molecule has 0 aromatic rings. The molecule has 2 nitrogen and oxygen atoms in total. The van der Waals surface area contributed by atoms with Crippen LogP contribution in [0.25, 0.3) is 0 Å². The second-order valence-electron chi connectivity index (χ2n) is 4.78. The summed E-state index contributed by atoms with van der Waals surface area (Å²) in [5, 5.41) is 2.07. The van der Waals surface area contributed by atoms with Gasteiger partial charge in [0, 0.05) is 17.7 Å². The zero-order valence-electron chi connectivity index (χ0n) is 8.52. The summed E-state index contributed by atoms with van der Waals surface area (Å²) in [7, 11) is 0. The van der Waals surface area contributed by atoms with Gasteiger partial charge in [0.25, 0.3) is 0 Å². The minimum absolute atomic E-state index is 0.639. The number of fused-ring (bicyclic) bond motifs is 3. The zero-order chi connectivity index (χ0) is 9.54. The predicted molar refractivity (Wildman–Crippen MR) is 57.1 cm³/mol. The third-order valence-corrected chi connectivity index (χ3v) is 4.13. The molecule has 0 aromatic heterocycles. The second-order valence-corrected chi connectivity index (χ2v) is 4.78. The maximum absolute atomic E-state index is 6.18. The molecule has 2 N–H and O–H groups in total. The molecule has 0 bridgehead atoms. The lowest BCUT2D eigenvalue weighted by molar-refractivity contribution is 0.192. The van der Waals surface area contributed by atoms with Gasteiger partial charge in [-0.3, -0.25) is 0 Å². The van der Waals surface area contributed by atoms with E-state index in [0.717, 1.165) is 11.8 Å². The number of hydrogen-bond acceptors (Lipinski definition) is 2. The van der Waals surface area contributed by atoms with Crippen molar-refractivity contribution in [3.8, 4) is 0 Å². The van der Waals surface area contributed by atoms with E-state index in [9.17, 15) is 0 Å². The second kappa shape index (κ2) is 3.13. The van der Waals surface area contributed by atoms with Crippen LogP contribution in [0.4, 0.5) is 0 Å². The number of hydrogen-bond donors (Lipinski definition) is 1. The van der Waals surface area contributed by atoms with E-state index in [0.29, 0.717) is 6.04 Å². The number of nitrogens with two attached hydrogens (primary N) is 1. The normalized spacial score (nSPS) is 40.5. The fourth-order valence-electron chi connectivity index (χ4n) is 3.45. The Hall–Kier alpha value is -0.760. The predicted octanol–water partition coefficient (Wildman–Crippen LogP) is 2.19. The number of hydrazine groups is 1. The first kappa shape index (κ1) is 8.54. The summed E-state index contributed by atoms with van der Waals surface area (Å²) >= 11 is 0. The molecule has 2 aliphatic carbocycles. The molecule has 0 amide bonds. The van der Waals surface area contributed by atoms with E-state index < -0.39 is 0 Å². The van der Waals surface area contributed by atoms with Crippen molar-refractivity contribution in [2.45, 2.75) is 38.1 Å². The molecular weight excluding hydrogens is 172 g/mol. The summed E-state index contributed by atoms with van der Waals surface area (Å²) in [5.41, 5.74) is 1.39. The Kier molecular flexibility index (Phi) is 1.91. The number of nitrogens with zero attached hydrogens (tertiary/aromatic N) is 1. The first-order valence-corrected chi connectivity index (χ1v) is 5.78. The smallest absolute Gasteiger partial charge is 0.0483 e. The lowest BCUT2D eigenvalue weighted by atomic mass is 9.77. The fraction of sp³-hybridized carbons (Fsp3) is 0.667. The molecule has 2 fully saturated rings. The van der Waals surface area contributed by atoms with Crippen molar-refractivity contribution in [3.05, 3.63) is 23.9 Å². The van der Waals surface area contributed by atoms with Crippen LogP contribution in [0.3, 0.4) is 0 Å². The molecule has 0 spiro atoms. The maximum Gasteiger partial charge on any atom is 0.0483 e. The van der Waals surface area contributed by atoms with Crippen molar-refractivity contribution in [1.82, 2.24) is 5.01 Å². The van der Waals surface area contributed by atoms with E-state index in [4.69, 9.17) is 5.84 Å². The van der Waals surface area contributed by atoms with Crippen LogP contribution < -0.4 is 5.84 Å². The van der Waals surface area contributed by atoms with Crippen molar-refractivity contribution in [1.29, 1.82) is 0 Å². The highest BCUT2D eigenvalue weighted by atomic mass is 15.4. The van der Waals surface area contributed by atoms with Gasteiger partial charge in [-0.15, -0.1) is 0 Å². The molecule has 1 aliphatic heterocycles. The molecule has 2 heteroatoms. The van der Waals surface area contributed by atoms with Crippen molar-refractivity contribution in [2.75, 3.05) is 0 Å². The summed E-state index contributed by atoms with van der Waals surface area (Å²) in [6.07, 6.45) is 13.3. The Bertz CT molecular complexity index is 293. The monoisotopic (exact) mass is 190 g/mol. The summed E-state index contributed by atoms with van der Waals surface area (Å²) in [5.74, 6) is 7.74. The van der Waals surface area contributed by atoms with Crippen LogP contribution in [0.5, 0.6) is 0 Å². The van der Waals surface area contributed by atoms with E-state index in [1.807, 2.05) is 0 Å². The molecule has 3 rings (SSSR count). The summed E-state index contributed by atoms with van der Waals surface area (Å²) in [6.45, 7) is 0. The fourth-order valence-corrected chi connectivity index (χ4v) is 3.45. The third kappa shape index (κ3) is 1.07. The lowest BCUT2D eigenvalue weighted by Gasteiger charge is -2.30. The van der Waals surface area contributed by atoms with Gasteiger partial charge in [0.1, 0.15) is 0 Å². The molecule has 0 radical (unpaired) electrons. The zero-order valence-corrected chi connectivity index (χ0v) is 8.52. The van der Waals surface area contributed by atoms with Gasteiger partial charge in [-0.25, -0.2) is 5.84 Å². The SMILES string of the molecule is NN1C2=CC=CCC2C2CCCCC21. The van der Waals surface area contributed by atoms with E-state index in [1.54, 1.807) is 0 Å². The molecule has 76 valence electrons. The third-order valence-electron chi connectivity index (χ3n) is 4.13. The van der Waals surface area contributed by atoms with Crippen LogP contribution >= 0.6 is 0 Å². The van der Waals surface area contributed by atoms with Crippen LogP contribution in [0.1, 0.15) is 32.1 Å². The Morgan fingerprint density at radius 2 is 2.14 bits per heavy atom. The average Bonchev–Trinajstić information content (AvgIpc) is 2.55. The van der Waals surface area contributed by atoms with E-state index in [1.165, 1.54) is 37.8 Å². The summed E-state index contributed by atoms with van der Waals surface area (Å²) in [6, 6.07) is 0.639. The Balaban J connectivity index is 1.93. The van der Waals surface area contributed by atoms with Crippen LogP contribution in [0.2, 0.25) is 0 Å². The van der Waals surface area contributed by atoms with Gasteiger partial charge in [-0.1, -0.05) is 25.0 Å². The van der Waals surface area contributed by atoms with Gasteiger partial charge in [0.15, 0.2) is 0 Å². The molecule has 1 saturated carbocycles. The van der Waals surface area contributed by atoms with Crippen molar-refractivity contribution < 1.29 is 0 Å². The molecule has 0 aromatic carbocycles. The van der Waals surface area contributed by atoms with Crippen molar-refractivity contribution in [3.63, 3.8) is 0 Å². The van der Waals surface area contributed by atoms with Crippen molar-refractivity contribution >= 4 is 0 Å². The summed E-state index contributed by atoms with van der Waals surface area (Å²) in [4.78, 5) is 0. The molecule has 1 saturated heterocycles. The van der Waals surface area contributed by atoms with Gasteiger partial charge in [-0.2, -0.15) is 0 Å². The topological polar surface area (TPSA) is 29.3 Å². The average molecular weight is 190 g/mol. The molecule has 3 atom stereocenters. The molecule has 3 aliphatic rings. The minimum Gasteiger partial charge on any atom is -0.312 e. The molecule has 3 unspecified atom stereocenters. The van der Waals surface area contributed by atoms with Gasteiger partial charge < -0.3 is 5.01 Å². The first-order chi connectivity index (χ1) is 6.88. The first-order valence-electron chi connectivity index (χ1n) is 5.78. The van der Waals surface area contributed by atoms with Gasteiger partial charge >= 0.3 is 0 Å². The maximum atomic E-state index is 6.18. The Labute approximate surface area is 85.4 Å². The standard InChI is InChI=1S/C12H18N2/c13-14-11-7-3-1-5-9(11)10-6-2-4-8-12(10)14/h1,3,7,9-10,12H,2,4-6,8,13H2. The van der Waals surface area contributed by atoms with Gasteiger partial charge in [-0.05, 0) is 31.3 Å². The molecule has 1 heterocycles. The van der Waals surface area contributed by atoms with Crippen molar-refractivity contribution in [2.24, 2.45) is 17.7 Å². The van der Waals surface area contributed by atoms with Crippen LogP contribution in [0, 0.1) is 11.8 Å². The Morgan fingerprint density at radius 1 is 1.29 bits per heavy atom. The number of rotatable bonds is 0. The van der Waals surface area contributed by atoms with E-state index in [-0.39, 0.29) is 0 Å². The van der Waals surface area contributed by atoms with Crippen LogP contribution in [-0.4, -0.2) is 11.1 Å². The summed E-state index contributed by atoms with van der Waals surface area (Å²) < 4.78 is 0. The van der Waals surface area contributed by atoms with Crippen LogP contribution in [0.15, 0.2) is 23.9 Å². The van der Waals surface area contributed by atoms with Gasteiger partial charge in [0.05, 0.1) is 0 Å². The van der Waals surface area contributed by atoms with E-state index >= 15 is 0 Å². The Morgan fingerprint density at radius 3 is 3.07 bits per heavy atom. The quantitative estimate of drug-likeness (QED) is 0.593. The van der Waals surface area contributed by atoms with Gasteiger partial charge in [0.2, 0.25) is 0 Å². The highest BCUT2D eigenvalue weighted by Gasteiger charge is 2.44. The highest BCUT2D eigenvalue weighted by molar-refractivity contribution is 5.25. The lowest BCUT2D eigenvalue weighted by Crippen LogP contribution is -2.38. The van der Waals surface area contributed by atoms with Crippen LogP contribution in [-0.2, 0) is 0 Å². The van der Waals surface area contributed by atoms with E-state index in [2.05, 4.69) is 23.2 Å². The molecular formula is C12H18N2. The molecule has 14 heavy (non-hydrogen) atoms. The largest absolute Gasteiger partial charge is 0.312 e. The number of allylic oxidation sites excluding steroid dienone is 4. The minimum atomic E-state index is 0.639.